The summed E-state index contributed by atoms with van der Waals surface area (Å²) >= 11 is 3.53. The highest BCUT2D eigenvalue weighted by Crippen LogP contribution is 2.42. The van der Waals surface area contributed by atoms with Crippen molar-refractivity contribution in [3.63, 3.8) is 0 Å². The molecule has 1 N–H and O–H groups in total. The summed E-state index contributed by atoms with van der Waals surface area (Å²) in [6, 6.07) is 5.47. The molecule has 25 heavy (non-hydrogen) atoms. The van der Waals surface area contributed by atoms with Crippen LogP contribution in [0.25, 0.3) is 0 Å². The second kappa shape index (κ2) is 6.59. The van der Waals surface area contributed by atoms with Gasteiger partial charge in [0.2, 0.25) is 5.95 Å². The van der Waals surface area contributed by atoms with Gasteiger partial charge in [-0.25, -0.2) is 0 Å². The van der Waals surface area contributed by atoms with Gasteiger partial charge in [0.15, 0.2) is 5.78 Å². The Morgan fingerprint density at radius 3 is 3.12 bits per heavy atom. The Bertz CT molecular complexity index is 860. The number of ether oxygens (including phenoxy) is 1. The third kappa shape index (κ3) is 2.84. The third-order valence-corrected chi connectivity index (χ3v) is 4.95. The fourth-order valence-corrected chi connectivity index (χ4v) is 3.76. The molecule has 1 aliphatic heterocycles. The molecule has 4 rings (SSSR count). The van der Waals surface area contributed by atoms with Crippen molar-refractivity contribution in [3.8, 4) is 5.75 Å². The largest absolute Gasteiger partial charge is 0.493 e. The molecule has 0 saturated heterocycles. The lowest BCUT2D eigenvalue weighted by atomic mass is 9.85. The van der Waals surface area contributed by atoms with E-state index < -0.39 is 0 Å². The van der Waals surface area contributed by atoms with Gasteiger partial charge < -0.3 is 10.1 Å². The maximum absolute atomic E-state index is 12.7. The van der Waals surface area contributed by atoms with Gasteiger partial charge >= 0.3 is 0 Å². The smallest absolute Gasteiger partial charge is 0.248 e. The zero-order valence-corrected chi connectivity index (χ0v) is 15.4. The van der Waals surface area contributed by atoms with Crippen LogP contribution in [-0.2, 0) is 4.79 Å². The van der Waals surface area contributed by atoms with E-state index in [4.69, 9.17) is 4.74 Å². The molecule has 2 aliphatic rings. The van der Waals surface area contributed by atoms with Crippen molar-refractivity contribution in [3.05, 3.63) is 39.5 Å². The Balaban J connectivity index is 1.89. The lowest BCUT2D eigenvalue weighted by Crippen LogP contribution is -2.31. The molecule has 1 aliphatic carbocycles. The number of Topliss-reactive ketones (excluding diaryl/α,β-unsaturated/α-hetero) is 1. The summed E-state index contributed by atoms with van der Waals surface area (Å²) in [6.07, 6.45) is 3.12. The fourth-order valence-electron chi connectivity index (χ4n) is 3.38. The Labute approximate surface area is 153 Å². The molecule has 0 saturated carbocycles. The molecule has 1 atom stereocenters. The Hall–Kier alpha value is -2.22. The van der Waals surface area contributed by atoms with Gasteiger partial charge in [-0.1, -0.05) is 28.0 Å². The molecule has 2 heterocycles. The number of hydrogen-bond donors (Lipinski definition) is 1. The van der Waals surface area contributed by atoms with Gasteiger partial charge in [0.05, 0.1) is 6.61 Å². The monoisotopic (exact) mass is 403 g/mol. The van der Waals surface area contributed by atoms with Crippen LogP contribution in [0.1, 0.15) is 44.2 Å². The highest BCUT2D eigenvalue weighted by Gasteiger charge is 2.38. The fraction of sp³-hybridized carbons (Fsp3) is 0.412. The van der Waals surface area contributed by atoms with Crippen LogP contribution in [0.4, 0.5) is 5.95 Å². The number of rotatable bonds is 4. The van der Waals surface area contributed by atoms with Crippen LogP contribution in [0.15, 0.2) is 33.9 Å². The van der Waals surface area contributed by atoms with Crippen LogP contribution in [0.2, 0.25) is 0 Å². The maximum atomic E-state index is 12.7. The zero-order chi connectivity index (χ0) is 17.4. The number of fused-ring (bicyclic) bond motifs is 1. The van der Waals surface area contributed by atoms with Gasteiger partial charge in [-0.2, -0.15) is 4.68 Å². The molecule has 130 valence electrons. The number of tetrazole rings is 1. The first kappa shape index (κ1) is 16.3. The van der Waals surface area contributed by atoms with Crippen LogP contribution in [-0.4, -0.2) is 32.6 Å². The maximum Gasteiger partial charge on any atom is 0.248 e. The number of carbonyl (C=O) groups is 1. The van der Waals surface area contributed by atoms with E-state index in [0.717, 1.165) is 46.3 Å². The predicted octanol–water partition coefficient (Wildman–Crippen LogP) is 3.25. The van der Waals surface area contributed by atoms with Crippen molar-refractivity contribution in [2.45, 2.75) is 38.6 Å². The van der Waals surface area contributed by atoms with Crippen LogP contribution < -0.4 is 10.1 Å². The van der Waals surface area contributed by atoms with Gasteiger partial charge in [-0.15, -0.1) is 0 Å². The molecule has 1 unspecified atom stereocenters. The second-order valence-electron chi connectivity index (χ2n) is 6.17. The summed E-state index contributed by atoms with van der Waals surface area (Å²) < 4.78 is 8.53. The molecule has 0 spiro atoms. The number of ketones is 1. The number of nitrogens with one attached hydrogen (secondary N) is 1. The summed E-state index contributed by atoms with van der Waals surface area (Å²) in [5.74, 6) is 1.45. The van der Waals surface area contributed by atoms with Gasteiger partial charge in [-0.05, 0) is 47.9 Å². The Morgan fingerprint density at radius 1 is 1.40 bits per heavy atom. The summed E-state index contributed by atoms with van der Waals surface area (Å²) in [7, 11) is 0. The van der Waals surface area contributed by atoms with Crippen LogP contribution in [0.5, 0.6) is 5.75 Å². The first-order valence-electron chi connectivity index (χ1n) is 8.42. The van der Waals surface area contributed by atoms with Crippen LogP contribution in [0, 0.1) is 0 Å². The molecule has 0 bridgehead atoms. The van der Waals surface area contributed by atoms with E-state index in [0.29, 0.717) is 19.0 Å². The number of hydrogen-bond acceptors (Lipinski definition) is 6. The quantitative estimate of drug-likeness (QED) is 0.843. The summed E-state index contributed by atoms with van der Waals surface area (Å²) in [5.41, 5.74) is 2.55. The number of benzene rings is 1. The van der Waals surface area contributed by atoms with E-state index in [1.165, 1.54) is 0 Å². The standard InChI is InChI=1S/C17H18BrN5O2/c1-2-8-25-14-7-6-10(18)9-11(14)16-15-12(4-3-5-13(15)24)19-17-20-21-22-23(16)17/h6-7,9,16H,2-5,8H2,1H3,(H,19,20,22). The highest BCUT2D eigenvalue weighted by molar-refractivity contribution is 9.10. The Morgan fingerprint density at radius 2 is 2.28 bits per heavy atom. The molecule has 7 nitrogen and oxygen atoms in total. The van der Waals surface area contributed by atoms with Crippen molar-refractivity contribution in [2.24, 2.45) is 0 Å². The average Bonchev–Trinajstić information content (AvgIpc) is 3.07. The van der Waals surface area contributed by atoms with Crippen molar-refractivity contribution in [1.29, 1.82) is 0 Å². The van der Waals surface area contributed by atoms with E-state index in [1.54, 1.807) is 4.68 Å². The van der Waals surface area contributed by atoms with Crippen molar-refractivity contribution < 1.29 is 9.53 Å². The number of aromatic nitrogens is 4. The molecule has 0 amide bonds. The topological polar surface area (TPSA) is 81.9 Å². The average molecular weight is 404 g/mol. The minimum atomic E-state index is -0.376. The van der Waals surface area contributed by atoms with Crippen LogP contribution >= 0.6 is 15.9 Å². The second-order valence-corrected chi connectivity index (χ2v) is 7.09. The number of carbonyl (C=O) groups excluding carboxylic acids is 1. The number of nitrogens with zero attached hydrogens (tertiary/aromatic N) is 4. The molecule has 0 radical (unpaired) electrons. The van der Waals surface area contributed by atoms with Gasteiger partial charge in [-0.3, -0.25) is 4.79 Å². The minimum absolute atomic E-state index is 0.140. The van der Waals surface area contributed by atoms with E-state index in [-0.39, 0.29) is 11.8 Å². The lowest BCUT2D eigenvalue weighted by Gasteiger charge is -2.32. The summed E-state index contributed by atoms with van der Waals surface area (Å²) in [5, 5.41) is 15.2. The minimum Gasteiger partial charge on any atom is -0.493 e. The van der Waals surface area contributed by atoms with Crippen molar-refractivity contribution in [1.82, 2.24) is 20.2 Å². The first-order chi connectivity index (χ1) is 12.2. The zero-order valence-electron chi connectivity index (χ0n) is 13.8. The van der Waals surface area contributed by atoms with Gasteiger partial charge in [0, 0.05) is 27.7 Å². The lowest BCUT2D eigenvalue weighted by molar-refractivity contribution is -0.116. The molecular weight excluding hydrogens is 386 g/mol. The van der Waals surface area contributed by atoms with E-state index >= 15 is 0 Å². The molecular formula is C17H18BrN5O2. The molecule has 0 fully saturated rings. The normalized spacial score (nSPS) is 19.3. The molecule has 1 aromatic carbocycles. The Kier molecular flexibility index (Phi) is 4.29. The summed E-state index contributed by atoms with van der Waals surface area (Å²) in [4.78, 5) is 12.7. The number of halogens is 1. The van der Waals surface area contributed by atoms with Gasteiger partial charge in [0.25, 0.3) is 0 Å². The van der Waals surface area contributed by atoms with Gasteiger partial charge in [0.1, 0.15) is 11.8 Å². The van der Waals surface area contributed by atoms with Crippen LogP contribution in [0.3, 0.4) is 0 Å². The molecule has 1 aromatic heterocycles. The highest BCUT2D eigenvalue weighted by atomic mass is 79.9. The molecule has 8 heteroatoms. The number of anilines is 1. The number of allylic oxidation sites excluding steroid dienone is 2. The van der Waals surface area contributed by atoms with E-state index in [1.807, 2.05) is 18.2 Å². The molecule has 2 aromatic rings. The SMILES string of the molecule is CCCOc1ccc(Br)cc1C1C2=C(CCCC2=O)Nc2nnnn21. The first-order valence-corrected chi connectivity index (χ1v) is 9.21. The predicted molar refractivity (Wildman–Crippen MR) is 95.4 cm³/mol. The summed E-state index contributed by atoms with van der Waals surface area (Å²) in [6.45, 7) is 2.68. The van der Waals surface area contributed by atoms with Crippen molar-refractivity contribution in [2.75, 3.05) is 11.9 Å². The van der Waals surface area contributed by atoms with E-state index in [2.05, 4.69) is 43.7 Å². The van der Waals surface area contributed by atoms with Crippen molar-refractivity contribution >= 4 is 27.7 Å². The van der Waals surface area contributed by atoms with E-state index in [9.17, 15) is 4.79 Å². The third-order valence-electron chi connectivity index (χ3n) is 4.46.